The van der Waals surface area contributed by atoms with E-state index in [-0.39, 0.29) is 30.6 Å². The number of alkyl halides is 2. The number of halogens is 3. The first-order chi connectivity index (χ1) is 21.1. The predicted molar refractivity (Wildman–Crippen MR) is 158 cm³/mol. The van der Waals surface area contributed by atoms with E-state index in [9.17, 15) is 14.0 Å². The third kappa shape index (κ3) is 5.77. The Labute approximate surface area is 257 Å². The molecule has 3 fully saturated rings. The average Bonchev–Trinajstić information content (AvgIpc) is 3.68. The number of likely N-dealkylation sites (tertiary alicyclic amines) is 2. The molecule has 1 aliphatic carbocycles. The van der Waals surface area contributed by atoms with E-state index in [0.717, 1.165) is 0 Å². The van der Waals surface area contributed by atoms with Crippen molar-refractivity contribution in [2.75, 3.05) is 32.8 Å². The van der Waals surface area contributed by atoms with Crippen molar-refractivity contribution in [2.45, 2.75) is 63.6 Å². The van der Waals surface area contributed by atoms with Gasteiger partial charge in [0.25, 0.3) is 5.92 Å². The number of carboxylic acids is 1. The number of benzene rings is 1. The summed E-state index contributed by atoms with van der Waals surface area (Å²) < 4.78 is 51.6. The number of carboxylic acid groups (broad SMARTS) is 1. The normalized spacial score (nSPS) is 28.3. The minimum Gasteiger partial charge on any atom is -0.481 e. The van der Waals surface area contributed by atoms with E-state index in [0.29, 0.717) is 66.4 Å². The van der Waals surface area contributed by atoms with Crippen molar-refractivity contribution in [1.29, 1.82) is 0 Å². The highest BCUT2D eigenvalue weighted by Gasteiger charge is 2.59. The van der Waals surface area contributed by atoms with E-state index in [4.69, 9.17) is 14.8 Å². The number of ether oxygens (including phenoxy) is 1. The van der Waals surface area contributed by atoms with Crippen LogP contribution in [0.5, 0.6) is 0 Å². The Morgan fingerprint density at radius 2 is 2.05 bits per heavy atom. The molecule has 3 atom stereocenters. The summed E-state index contributed by atoms with van der Waals surface area (Å²) >= 11 is 1.34. The molecule has 1 aromatic heterocycles. The van der Waals surface area contributed by atoms with E-state index >= 15 is 8.78 Å². The standard InChI is InChI=1S/C31H36F3N5O4S/c1-3-43-30(42)24-22(36-27(28-35-9-12-44-28)37-25(24)20-5-4-6-21(32)17(20)2)15-39-16-31(33,34)26-23(39)8-11-38(26)10-7-18-13-19(14-18)29(40)41/h4-6,9,12,18-19,23,25-26H,3,7-8,10-11,13-16H2,1-2H3,(H,36,37)(H,40,41). The fraction of sp³-hybridized carbons (Fsp3) is 0.548. The van der Waals surface area contributed by atoms with Crippen molar-refractivity contribution < 1.29 is 32.6 Å². The number of aromatic nitrogens is 1. The second-order valence-corrected chi connectivity index (χ2v) is 13.0. The van der Waals surface area contributed by atoms with Crippen molar-refractivity contribution in [3.8, 4) is 0 Å². The van der Waals surface area contributed by atoms with Gasteiger partial charge in [-0.25, -0.2) is 22.9 Å². The molecule has 3 unspecified atom stereocenters. The van der Waals surface area contributed by atoms with Gasteiger partial charge in [0.05, 0.1) is 30.7 Å². The smallest absolute Gasteiger partial charge is 0.338 e. The van der Waals surface area contributed by atoms with Gasteiger partial charge in [0.2, 0.25) is 0 Å². The van der Waals surface area contributed by atoms with Gasteiger partial charge in [0, 0.05) is 36.4 Å². The topological polar surface area (TPSA) is 107 Å². The summed E-state index contributed by atoms with van der Waals surface area (Å²) in [6, 6.07) is 2.28. The number of hydrogen-bond acceptors (Lipinski definition) is 9. The zero-order chi connectivity index (χ0) is 31.2. The Morgan fingerprint density at radius 1 is 1.25 bits per heavy atom. The number of carbonyl (C=O) groups excluding carboxylic acids is 1. The van der Waals surface area contributed by atoms with Gasteiger partial charge < -0.3 is 15.2 Å². The Hall–Kier alpha value is -3.29. The van der Waals surface area contributed by atoms with Crippen LogP contribution in [0.4, 0.5) is 13.2 Å². The molecule has 44 heavy (non-hydrogen) atoms. The lowest BCUT2D eigenvalue weighted by Crippen LogP contribution is -2.46. The van der Waals surface area contributed by atoms with Crippen LogP contribution in [0.25, 0.3) is 0 Å². The first-order valence-electron chi connectivity index (χ1n) is 15.1. The van der Waals surface area contributed by atoms with Gasteiger partial charge in [0.15, 0.2) is 10.8 Å². The number of esters is 1. The lowest BCUT2D eigenvalue weighted by atomic mass is 9.73. The molecule has 0 amide bonds. The summed E-state index contributed by atoms with van der Waals surface area (Å²) in [5, 5.41) is 14.7. The van der Waals surface area contributed by atoms with Gasteiger partial charge in [-0.05, 0) is 69.2 Å². The fourth-order valence-electron chi connectivity index (χ4n) is 7.16. The number of nitrogens with zero attached hydrogens (tertiary/aromatic N) is 4. The van der Waals surface area contributed by atoms with Crippen molar-refractivity contribution in [3.05, 3.63) is 63.0 Å². The van der Waals surface area contributed by atoms with Gasteiger partial charge in [0.1, 0.15) is 11.9 Å². The maximum absolute atomic E-state index is 15.7. The molecule has 6 rings (SSSR count). The molecular weight excluding hydrogens is 595 g/mol. The van der Waals surface area contributed by atoms with Crippen LogP contribution in [0.1, 0.15) is 54.8 Å². The summed E-state index contributed by atoms with van der Waals surface area (Å²) in [5.74, 6) is -4.53. The molecule has 1 aromatic carbocycles. The van der Waals surface area contributed by atoms with Gasteiger partial charge in [-0.2, -0.15) is 0 Å². The highest BCUT2D eigenvalue weighted by Crippen LogP contribution is 2.44. The second-order valence-electron chi connectivity index (χ2n) is 12.1. The van der Waals surface area contributed by atoms with Crippen LogP contribution in [0, 0.1) is 24.6 Å². The van der Waals surface area contributed by atoms with Crippen LogP contribution in [0.2, 0.25) is 0 Å². The van der Waals surface area contributed by atoms with Gasteiger partial charge in [-0.15, -0.1) is 11.3 Å². The molecule has 4 heterocycles. The quantitative estimate of drug-likeness (QED) is 0.372. The highest BCUT2D eigenvalue weighted by molar-refractivity contribution is 7.11. The van der Waals surface area contributed by atoms with Crippen molar-refractivity contribution in [1.82, 2.24) is 20.1 Å². The van der Waals surface area contributed by atoms with Crippen LogP contribution in [-0.2, 0) is 14.3 Å². The van der Waals surface area contributed by atoms with E-state index in [1.807, 2.05) is 4.90 Å². The summed E-state index contributed by atoms with van der Waals surface area (Å²) in [5.41, 5.74) is 1.38. The molecule has 0 radical (unpaired) electrons. The van der Waals surface area contributed by atoms with E-state index < -0.39 is 48.3 Å². The minimum absolute atomic E-state index is 0.0247. The molecular formula is C31H36F3N5O4S. The average molecular weight is 632 g/mol. The van der Waals surface area contributed by atoms with Gasteiger partial charge >= 0.3 is 11.9 Å². The summed E-state index contributed by atoms with van der Waals surface area (Å²) in [6.07, 6.45) is 4.08. The van der Waals surface area contributed by atoms with Crippen LogP contribution >= 0.6 is 11.3 Å². The molecule has 4 aliphatic rings. The van der Waals surface area contributed by atoms with Crippen molar-refractivity contribution in [2.24, 2.45) is 16.8 Å². The fourth-order valence-corrected chi connectivity index (χ4v) is 7.75. The first-order valence-corrected chi connectivity index (χ1v) is 15.9. The molecule has 1 saturated carbocycles. The number of fused-ring (bicyclic) bond motifs is 1. The Morgan fingerprint density at radius 3 is 2.75 bits per heavy atom. The second kappa shape index (κ2) is 12.2. The van der Waals surface area contributed by atoms with Crippen molar-refractivity contribution >= 4 is 29.1 Å². The summed E-state index contributed by atoms with van der Waals surface area (Å²) in [4.78, 5) is 37.4. The number of aliphatic carboxylic acids is 1. The molecule has 2 aromatic rings. The molecule has 0 bridgehead atoms. The molecule has 2 saturated heterocycles. The molecule has 9 nitrogen and oxygen atoms in total. The monoisotopic (exact) mass is 631 g/mol. The summed E-state index contributed by atoms with van der Waals surface area (Å²) in [6.45, 7) is 3.98. The summed E-state index contributed by atoms with van der Waals surface area (Å²) in [7, 11) is 0. The third-order valence-electron chi connectivity index (χ3n) is 9.42. The van der Waals surface area contributed by atoms with Gasteiger partial charge in [-0.3, -0.25) is 19.6 Å². The Kier molecular flexibility index (Phi) is 8.55. The molecule has 13 heteroatoms. The SMILES string of the molecule is CCOC(=O)C1=C(CN2CC(F)(F)C3C2CCN3CCC2CC(C(=O)O)C2)NC(c2nccs2)=NC1c1cccc(F)c1C. The van der Waals surface area contributed by atoms with Crippen LogP contribution in [0.15, 0.2) is 46.0 Å². The minimum atomic E-state index is -2.98. The van der Waals surface area contributed by atoms with Crippen LogP contribution in [0.3, 0.4) is 0 Å². The number of rotatable bonds is 10. The van der Waals surface area contributed by atoms with Crippen LogP contribution < -0.4 is 5.32 Å². The zero-order valence-corrected chi connectivity index (χ0v) is 25.5. The predicted octanol–water partition coefficient (Wildman–Crippen LogP) is 4.39. The maximum atomic E-state index is 15.7. The lowest BCUT2D eigenvalue weighted by molar-refractivity contribution is -0.146. The lowest BCUT2D eigenvalue weighted by Gasteiger charge is -2.35. The van der Waals surface area contributed by atoms with E-state index in [2.05, 4.69) is 10.3 Å². The van der Waals surface area contributed by atoms with Crippen LogP contribution in [-0.4, -0.2) is 88.5 Å². The van der Waals surface area contributed by atoms with E-state index in [1.165, 1.54) is 17.4 Å². The molecule has 3 aliphatic heterocycles. The van der Waals surface area contributed by atoms with Gasteiger partial charge in [-0.1, -0.05) is 12.1 Å². The molecule has 0 spiro atoms. The highest BCUT2D eigenvalue weighted by atomic mass is 32.1. The number of nitrogens with one attached hydrogen (secondary N) is 1. The molecule has 2 N–H and O–H groups in total. The number of amidine groups is 1. The number of aliphatic imine (C=N–C) groups is 1. The van der Waals surface area contributed by atoms with E-state index in [1.54, 1.807) is 42.5 Å². The number of carbonyl (C=O) groups is 2. The largest absolute Gasteiger partial charge is 0.481 e. The third-order valence-corrected chi connectivity index (χ3v) is 10.2. The Bertz CT molecular complexity index is 1480. The number of hydrogen-bond donors (Lipinski definition) is 2. The Balaban J connectivity index is 1.29. The zero-order valence-electron chi connectivity index (χ0n) is 24.6. The molecule has 236 valence electrons. The maximum Gasteiger partial charge on any atom is 0.338 e. The first kappa shape index (κ1) is 30.7. The number of thiazole rings is 1. The van der Waals surface area contributed by atoms with Crippen molar-refractivity contribution in [3.63, 3.8) is 0 Å².